The zero-order valence-corrected chi connectivity index (χ0v) is 24.8. The van der Waals surface area contributed by atoms with Gasteiger partial charge in [-0.15, -0.1) is 0 Å². The van der Waals surface area contributed by atoms with Crippen LogP contribution in [0.5, 0.6) is 0 Å². The average molecular weight is 611 g/mol. The summed E-state index contributed by atoms with van der Waals surface area (Å²) in [7, 11) is 0. The molecule has 2 aliphatic rings. The molecule has 1 atom stereocenters. The van der Waals surface area contributed by atoms with E-state index in [0.717, 1.165) is 44.6 Å². The lowest BCUT2D eigenvalue weighted by atomic mass is 9.94. The molecular weight excluding hydrogens is 587 g/mol. The van der Waals surface area contributed by atoms with Crippen LogP contribution in [0, 0.1) is 0 Å². The van der Waals surface area contributed by atoms with Gasteiger partial charge in [0.25, 0.3) is 11.8 Å². The number of aromatic nitrogens is 6. The first-order chi connectivity index (χ1) is 20.6. The maximum absolute atomic E-state index is 12.1. The first-order valence-corrected chi connectivity index (χ1v) is 14.2. The van der Waals surface area contributed by atoms with E-state index in [-0.39, 0.29) is 17.9 Å². The van der Waals surface area contributed by atoms with Crippen LogP contribution in [-0.4, -0.2) is 40.9 Å². The normalized spacial score (nSPS) is 16.4. The smallest absolute Gasteiger partial charge is 0.253 e. The molecule has 214 valence electrons. The van der Waals surface area contributed by atoms with E-state index >= 15 is 0 Å². The average Bonchev–Trinajstić information content (AvgIpc) is 3.72. The zero-order chi connectivity index (χ0) is 30.0. The highest BCUT2D eigenvalue weighted by atomic mass is 35.5. The molecule has 0 fully saturated rings. The number of halogens is 2. The van der Waals surface area contributed by atoms with Gasteiger partial charge in [-0.05, 0) is 68.3 Å². The number of nitrogens with zero attached hydrogens (tertiary/aromatic N) is 6. The minimum atomic E-state index is -0.440. The molecule has 2 amide bonds. The molecule has 10 nitrogen and oxygen atoms in total. The molecule has 8 rings (SSSR count). The second-order valence-electron chi connectivity index (χ2n) is 11.0. The predicted octanol–water partition coefficient (Wildman–Crippen LogP) is 5.93. The summed E-state index contributed by atoms with van der Waals surface area (Å²) in [6.07, 6.45) is 10.4. The standard InChI is InChI=1S/C16H13ClN4O.C15H11ClN4O/c1-16(2)11-5-10(6-12(17)13(11)15(22)20-16)21-4-3-9-7-18-8-19-14(9)21;1-8-11-4-10(5-12(16)13(11)15(21)19-8)20-3-2-9-6-17-7-18-14(9)20/h3-8H,1-2H3,(H,20,22);2-8H,1H3,(H,19,21). The van der Waals surface area contributed by atoms with Crippen molar-refractivity contribution in [3.05, 3.63) is 106 Å². The third-order valence-electron chi connectivity index (χ3n) is 7.80. The Bertz CT molecular complexity index is 2120. The van der Waals surface area contributed by atoms with E-state index in [2.05, 4.69) is 30.6 Å². The lowest BCUT2D eigenvalue weighted by Crippen LogP contribution is -2.32. The molecule has 0 saturated heterocycles. The van der Waals surface area contributed by atoms with Crippen molar-refractivity contribution in [3.8, 4) is 11.4 Å². The molecule has 4 aromatic heterocycles. The summed E-state index contributed by atoms with van der Waals surface area (Å²) < 4.78 is 3.89. The molecule has 0 radical (unpaired) electrons. The third kappa shape index (κ3) is 4.41. The first-order valence-electron chi connectivity index (χ1n) is 13.5. The largest absolute Gasteiger partial charge is 0.345 e. The van der Waals surface area contributed by atoms with Crippen molar-refractivity contribution < 1.29 is 9.59 Å². The molecule has 6 heterocycles. The van der Waals surface area contributed by atoms with Crippen molar-refractivity contribution in [1.82, 2.24) is 39.7 Å². The van der Waals surface area contributed by atoms with Crippen LogP contribution in [0.25, 0.3) is 33.4 Å². The van der Waals surface area contributed by atoms with Crippen LogP contribution in [0.3, 0.4) is 0 Å². The first kappa shape index (κ1) is 27.1. The van der Waals surface area contributed by atoms with Crippen LogP contribution in [0.2, 0.25) is 10.0 Å². The molecule has 2 N–H and O–H groups in total. The number of hydrogen-bond donors (Lipinski definition) is 2. The highest BCUT2D eigenvalue weighted by Gasteiger charge is 2.37. The highest BCUT2D eigenvalue weighted by molar-refractivity contribution is 6.35. The molecule has 2 aromatic carbocycles. The van der Waals surface area contributed by atoms with Gasteiger partial charge in [-0.25, -0.2) is 19.9 Å². The summed E-state index contributed by atoms with van der Waals surface area (Å²) in [5, 5.41) is 8.64. The van der Waals surface area contributed by atoms with Crippen molar-refractivity contribution in [2.45, 2.75) is 32.4 Å². The molecule has 12 heteroatoms. The zero-order valence-electron chi connectivity index (χ0n) is 23.3. The molecule has 6 aromatic rings. The van der Waals surface area contributed by atoms with Crippen molar-refractivity contribution in [2.75, 3.05) is 0 Å². The van der Waals surface area contributed by atoms with E-state index in [9.17, 15) is 9.59 Å². The van der Waals surface area contributed by atoms with Gasteiger partial charge in [0, 0.05) is 46.9 Å². The summed E-state index contributed by atoms with van der Waals surface area (Å²) in [4.78, 5) is 40.6. The second-order valence-corrected chi connectivity index (χ2v) is 11.8. The Labute approximate surface area is 255 Å². The molecule has 43 heavy (non-hydrogen) atoms. The van der Waals surface area contributed by atoms with Crippen LogP contribution in [0.4, 0.5) is 0 Å². The monoisotopic (exact) mass is 610 g/mol. The Hall–Kier alpha value is -4.80. The van der Waals surface area contributed by atoms with E-state index < -0.39 is 5.54 Å². The van der Waals surface area contributed by atoms with E-state index in [0.29, 0.717) is 21.2 Å². The molecule has 1 unspecified atom stereocenters. The van der Waals surface area contributed by atoms with Crippen LogP contribution in [0.15, 0.2) is 73.8 Å². The van der Waals surface area contributed by atoms with Gasteiger partial charge in [0.2, 0.25) is 0 Å². The number of hydrogen-bond acceptors (Lipinski definition) is 6. The maximum Gasteiger partial charge on any atom is 0.253 e. The van der Waals surface area contributed by atoms with Crippen LogP contribution in [0.1, 0.15) is 58.7 Å². The van der Waals surface area contributed by atoms with Crippen LogP contribution < -0.4 is 10.6 Å². The second kappa shape index (κ2) is 9.89. The summed E-state index contributed by atoms with van der Waals surface area (Å²) in [5.41, 5.74) is 5.88. The number of carbonyl (C=O) groups excluding carboxylic acids is 2. The quantitative estimate of drug-likeness (QED) is 0.251. The van der Waals surface area contributed by atoms with Crippen LogP contribution in [-0.2, 0) is 5.54 Å². The van der Waals surface area contributed by atoms with Gasteiger partial charge >= 0.3 is 0 Å². The van der Waals surface area contributed by atoms with E-state index in [1.165, 1.54) is 12.7 Å². The van der Waals surface area contributed by atoms with Crippen molar-refractivity contribution in [2.24, 2.45) is 0 Å². The maximum atomic E-state index is 12.1. The van der Waals surface area contributed by atoms with Gasteiger partial charge < -0.3 is 19.8 Å². The molecule has 0 aliphatic carbocycles. The molecule has 2 aliphatic heterocycles. The molecular formula is C31H24Cl2N8O2. The highest BCUT2D eigenvalue weighted by Crippen LogP contribution is 2.37. The number of fused-ring (bicyclic) bond motifs is 4. The Balaban J connectivity index is 0.000000140. The van der Waals surface area contributed by atoms with Crippen molar-refractivity contribution in [3.63, 3.8) is 0 Å². The number of benzene rings is 2. The van der Waals surface area contributed by atoms with Crippen LogP contribution >= 0.6 is 23.2 Å². The number of rotatable bonds is 2. The molecule has 0 bridgehead atoms. The van der Waals surface area contributed by atoms with Gasteiger partial charge in [-0.3, -0.25) is 9.59 Å². The van der Waals surface area contributed by atoms with Crippen molar-refractivity contribution >= 4 is 57.1 Å². The fourth-order valence-corrected chi connectivity index (χ4v) is 6.33. The van der Waals surface area contributed by atoms with Gasteiger partial charge in [-0.2, -0.15) is 0 Å². The fraction of sp³-hybridized carbons (Fsp3) is 0.161. The summed E-state index contributed by atoms with van der Waals surface area (Å²) in [6, 6.07) is 11.4. The summed E-state index contributed by atoms with van der Waals surface area (Å²) >= 11 is 12.7. The fourth-order valence-electron chi connectivity index (χ4n) is 5.72. The number of nitrogens with one attached hydrogen (secondary N) is 2. The molecule has 0 saturated carbocycles. The Morgan fingerprint density at radius 1 is 0.791 bits per heavy atom. The van der Waals surface area contributed by atoms with Crippen molar-refractivity contribution in [1.29, 1.82) is 0 Å². The Morgan fingerprint density at radius 3 is 1.95 bits per heavy atom. The van der Waals surface area contributed by atoms with Gasteiger partial charge in [-0.1, -0.05) is 23.2 Å². The third-order valence-corrected chi connectivity index (χ3v) is 8.40. The Kier molecular flexibility index (Phi) is 6.22. The van der Waals surface area contributed by atoms with E-state index in [4.69, 9.17) is 23.2 Å². The van der Waals surface area contributed by atoms with Gasteiger partial charge in [0.1, 0.15) is 23.9 Å². The lowest BCUT2D eigenvalue weighted by Gasteiger charge is -2.20. The number of carbonyl (C=O) groups is 2. The van der Waals surface area contributed by atoms with E-state index in [1.807, 2.05) is 66.6 Å². The Morgan fingerprint density at radius 2 is 1.35 bits per heavy atom. The van der Waals surface area contributed by atoms with E-state index in [1.54, 1.807) is 24.5 Å². The number of amides is 2. The minimum absolute atomic E-state index is 0.0404. The molecule has 0 spiro atoms. The topological polar surface area (TPSA) is 120 Å². The van der Waals surface area contributed by atoms with Gasteiger partial charge in [0.15, 0.2) is 0 Å². The SMILES string of the molecule is CC1(C)NC(=O)c2c(Cl)cc(-n3ccc4cncnc43)cc21.CC1NC(=O)c2c(Cl)cc(-n3ccc4cncnc43)cc21. The summed E-state index contributed by atoms with van der Waals surface area (Å²) in [5.74, 6) is -0.245. The minimum Gasteiger partial charge on any atom is -0.345 e. The van der Waals surface area contributed by atoms with Gasteiger partial charge in [0.05, 0.1) is 32.8 Å². The predicted molar refractivity (Wildman–Crippen MR) is 164 cm³/mol. The summed E-state index contributed by atoms with van der Waals surface area (Å²) in [6.45, 7) is 5.87. The lowest BCUT2D eigenvalue weighted by molar-refractivity contribution is 0.0937.